The van der Waals surface area contributed by atoms with Crippen molar-refractivity contribution in [2.45, 2.75) is 19.3 Å². The van der Waals surface area contributed by atoms with Gasteiger partial charge in [-0.1, -0.05) is 26.0 Å². The smallest absolute Gasteiger partial charge is 0.320 e. The summed E-state index contributed by atoms with van der Waals surface area (Å²) in [6.45, 7) is 4.07. The Balaban J connectivity index is 1.53. The van der Waals surface area contributed by atoms with Crippen LogP contribution in [0.4, 0.5) is 10.1 Å². The summed E-state index contributed by atoms with van der Waals surface area (Å²) >= 11 is 0. The fraction of sp³-hybridized carbons (Fsp3) is 0.269. The van der Waals surface area contributed by atoms with Gasteiger partial charge < -0.3 is 14.9 Å². The third-order valence-corrected chi connectivity index (χ3v) is 6.51. The second-order valence-corrected chi connectivity index (χ2v) is 9.29. The highest BCUT2D eigenvalue weighted by molar-refractivity contribution is 6.54. The van der Waals surface area contributed by atoms with E-state index in [1.807, 2.05) is 0 Å². The van der Waals surface area contributed by atoms with E-state index in [2.05, 4.69) is 10.2 Å². The zero-order valence-electron chi connectivity index (χ0n) is 20.2. The molecule has 0 radical (unpaired) electrons. The lowest BCUT2D eigenvalue weighted by atomic mass is 9.83. The molecule has 11 heteroatoms. The molecule has 0 unspecified atom stereocenters. The van der Waals surface area contributed by atoms with E-state index in [1.54, 1.807) is 26.0 Å². The Bertz CT molecular complexity index is 1390. The molecule has 0 atom stereocenters. The van der Waals surface area contributed by atoms with Gasteiger partial charge in [0, 0.05) is 53.9 Å². The number of carbonyl (C=O) groups is 3. The summed E-state index contributed by atoms with van der Waals surface area (Å²) in [7, 11) is 0. The maximum atomic E-state index is 15.0. The van der Waals surface area contributed by atoms with Gasteiger partial charge in [-0.25, -0.2) is 4.39 Å². The fourth-order valence-electron chi connectivity index (χ4n) is 4.78. The Morgan fingerprint density at radius 1 is 1.08 bits per heavy atom. The van der Waals surface area contributed by atoms with E-state index < -0.39 is 22.9 Å². The number of Topliss-reactive ketones (excluding diaryl/α,β-unsaturated/α-hetero) is 1. The molecule has 2 aromatic carbocycles. The number of amidine groups is 1. The summed E-state index contributed by atoms with van der Waals surface area (Å²) in [6.07, 6.45) is 2.24. The number of benzene rings is 2. The fourth-order valence-corrected chi connectivity index (χ4v) is 4.78. The highest BCUT2D eigenvalue weighted by atomic mass is 19.1. The second kappa shape index (κ2) is 9.84. The first-order valence-corrected chi connectivity index (χ1v) is 11.5. The molecule has 0 aromatic heterocycles. The molecule has 2 amide bonds. The van der Waals surface area contributed by atoms with Crippen LogP contribution in [0.3, 0.4) is 0 Å². The zero-order valence-corrected chi connectivity index (χ0v) is 20.2. The SMILES string of the molecule is CC1(C)C=C(C(=O)C(=O)N2CCN(C(=O)c3cccc(N=O)c3)CC2)c2c(F)ccc(C(=N)N=C[OH2+])c21. The van der Waals surface area contributed by atoms with Crippen molar-refractivity contribution in [1.82, 2.24) is 9.80 Å². The molecule has 190 valence electrons. The topological polar surface area (TPSA) is 146 Å². The van der Waals surface area contributed by atoms with Crippen LogP contribution in [0.1, 0.15) is 40.9 Å². The van der Waals surface area contributed by atoms with Gasteiger partial charge in [-0.05, 0) is 41.1 Å². The highest BCUT2D eigenvalue weighted by Gasteiger charge is 2.41. The van der Waals surface area contributed by atoms with Crippen LogP contribution >= 0.6 is 0 Å². The minimum absolute atomic E-state index is 0.0386. The Hall–Kier alpha value is -4.54. The molecule has 2 aromatic rings. The van der Waals surface area contributed by atoms with Gasteiger partial charge in [0.05, 0.1) is 0 Å². The maximum Gasteiger partial charge on any atom is 0.320 e. The highest BCUT2D eigenvalue weighted by Crippen LogP contribution is 2.44. The first kappa shape index (κ1) is 25.5. The van der Waals surface area contributed by atoms with E-state index in [-0.39, 0.29) is 60.3 Å². The molecule has 1 aliphatic carbocycles. The number of hydrogen-bond acceptors (Lipinski definition) is 6. The van der Waals surface area contributed by atoms with Crippen molar-refractivity contribution < 1.29 is 23.9 Å². The average molecular weight is 507 g/mol. The van der Waals surface area contributed by atoms with E-state index in [0.29, 0.717) is 17.5 Å². The molecule has 4 rings (SSSR count). The Labute approximate surface area is 211 Å². The summed E-state index contributed by atoms with van der Waals surface area (Å²) in [6, 6.07) is 8.50. The van der Waals surface area contributed by atoms with Crippen LogP contribution in [0, 0.1) is 16.1 Å². The Morgan fingerprint density at radius 2 is 1.76 bits per heavy atom. The number of nitroso groups, excluding NO2 is 1. The number of carbonyl (C=O) groups excluding carboxylic acids is 3. The number of hydrogen-bond donors (Lipinski definition) is 1. The lowest BCUT2D eigenvalue weighted by Crippen LogP contribution is -2.52. The zero-order chi connectivity index (χ0) is 26.9. The van der Waals surface area contributed by atoms with Gasteiger partial charge in [0.25, 0.3) is 17.6 Å². The predicted octanol–water partition coefficient (Wildman–Crippen LogP) is 2.53. The molecule has 10 nitrogen and oxygen atoms in total. The summed E-state index contributed by atoms with van der Waals surface area (Å²) in [5.41, 5.74) is 0.0913. The Morgan fingerprint density at radius 3 is 2.41 bits per heavy atom. The van der Waals surface area contributed by atoms with Crippen molar-refractivity contribution in [3.8, 4) is 0 Å². The molecule has 0 spiro atoms. The van der Waals surface area contributed by atoms with Crippen LogP contribution in [0.15, 0.2) is 52.6 Å². The number of nitrogens with zero attached hydrogens (tertiary/aromatic N) is 4. The van der Waals surface area contributed by atoms with Crippen molar-refractivity contribution in [1.29, 1.82) is 5.41 Å². The number of rotatable bonds is 5. The quantitative estimate of drug-likeness (QED) is 0.218. The number of piperazine rings is 1. The van der Waals surface area contributed by atoms with Crippen LogP contribution in [0.2, 0.25) is 0 Å². The number of allylic oxidation sites excluding steroid dienone is 1. The standard InChI is InChI=1S/C26H24FN5O5/c1-26(2)13-18(20-19(27)7-6-17(21(20)26)23(28)29-14-33)22(34)25(36)32-10-8-31(9-11-32)24(35)15-4-3-5-16(12-15)30-37/h3-7,12-14H,8-11H2,1-2H3,(H2,28,29,33)/p+1. The van der Waals surface area contributed by atoms with Crippen molar-refractivity contribution in [2.75, 3.05) is 26.2 Å². The third kappa shape index (κ3) is 4.67. The minimum atomic E-state index is -0.872. The summed E-state index contributed by atoms with van der Waals surface area (Å²) in [4.78, 5) is 56.5. The molecule has 0 saturated carbocycles. The first-order valence-electron chi connectivity index (χ1n) is 11.5. The number of halogens is 1. The molecule has 1 saturated heterocycles. The summed E-state index contributed by atoms with van der Waals surface area (Å²) < 4.78 is 15.0. The van der Waals surface area contributed by atoms with E-state index in [0.717, 1.165) is 6.07 Å². The predicted molar refractivity (Wildman–Crippen MR) is 136 cm³/mol. The van der Waals surface area contributed by atoms with Crippen molar-refractivity contribution >= 4 is 41.1 Å². The van der Waals surface area contributed by atoms with Crippen LogP contribution in [0.25, 0.3) is 5.57 Å². The summed E-state index contributed by atoms with van der Waals surface area (Å²) in [5.74, 6) is -2.93. The monoisotopic (exact) mass is 506 g/mol. The van der Waals surface area contributed by atoms with Crippen LogP contribution in [-0.2, 0) is 15.0 Å². The number of nitrogens with one attached hydrogen (secondary N) is 1. The molecular formula is C26H25FN5O5+. The number of aliphatic imine (C=N–C) groups is 1. The van der Waals surface area contributed by atoms with Crippen LogP contribution in [-0.4, -0.2) is 70.9 Å². The minimum Gasteiger partial charge on any atom is -0.584 e. The van der Waals surface area contributed by atoms with Gasteiger partial charge in [-0.2, -0.15) is 4.99 Å². The molecular weight excluding hydrogens is 481 g/mol. The van der Waals surface area contributed by atoms with Gasteiger partial charge in [0.15, 0.2) is 5.84 Å². The molecule has 37 heavy (non-hydrogen) atoms. The largest absolute Gasteiger partial charge is 0.584 e. The van der Waals surface area contributed by atoms with Gasteiger partial charge >= 0.3 is 6.40 Å². The molecule has 3 N–H and O–H groups in total. The summed E-state index contributed by atoms with van der Waals surface area (Å²) in [5, 5.41) is 18.1. The lowest BCUT2D eigenvalue weighted by Gasteiger charge is -2.34. The van der Waals surface area contributed by atoms with Crippen molar-refractivity contribution in [3.63, 3.8) is 0 Å². The van der Waals surface area contributed by atoms with E-state index in [4.69, 9.17) is 10.5 Å². The molecule has 1 heterocycles. The van der Waals surface area contributed by atoms with Gasteiger partial charge in [-0.15, -0.1) is 4.91 Å². The Kier molecular flexibility index (Phi) is 6.80. The molecule has 2 aliphatic rings. The van der Waals surface area contributed by atoms with E-state index >= 15 is 4.39 Å². The van der Waals surface area contributed by atoms with Crippen molar-refractivity contribution in [2.24, 2.45) is 10.2 Å². The van der Waals surface area contributed by atoms with Gasteiger partial charge in [-0.3, -0.25) is 19.8 Å². The number of amides is 2. The van der Waals surface area contributed by atoms with Crippen molar-refractivity contribution in [3.05, 3.63) is 75.5 Å². The molecule has 1 aliphatic heterocycles. The van der Waals surface area contributed by atoms with Crippen LogP contribution in [0.5, 0.6) is 0 Å². The average Bonchev–Trinajstić information content (AvgIpc) is 3.19. The first-order chi connectivity index (χ1) is 17.6. The van der Waals surface area contributed by atoms with E-state index in [9.17, 15) is 19.3 Å². The normalized spacial score (nSPS) is 16.4. The van der Waals surface area contributed by atoms with E-state index in [1.165, 1.54) is 34.1 Å². The van der Waals surface area contributed by atoms with Crippen LogP contribution < -0.4 is 0 Å². The van der Waals surface area contributed by atoms with Gasteiger partial charge in [0.1, 0.15) is 11.5 Å². The third-order valence-electron chi connectivity index (χ3n) is 6.51. The maximum absolute atomic E-state index is 15.0. The number of ketones is 1. The van der Waals surface area contributed by atoms with Gasteiger partial charge in [0.2, 0.25) is 0 Å². The molecule has 0 bridgehead atoms. The molecule has 1 fully saturated rings. The lowest BCUT2D eigenvalue weighted by molar-refractivity contribution is -0.142. The number of fused-ring (bicyclic) bond motifs is 1. The second-order valence-electron chi connectivity index (χ2n) is 9.29.